The predicted molar refractivity (Wildman–Crippen MR) is 51.4 cm³/mol. The molecule has 0 aromatic carbocycles. The molecule has 0 spiro atoms. The average Bonchev–Trinajstić information content (AvgIpc) is 2.29. The Morgan fingerprint density at radius 2 is 2.17 bits per heavy atom. The Morgan fingerprint density at radius 3 is 2.67 bits per heavy atom. The zero-order chi connectivity index (χ0) is 9.14. The SMILES string of the molecule is Cc1nn(CCO)c(CBr)c1C. The first-order valence-corrected chi connectivity index (χ1v) is 5.02. The van der Waals surface area contributed by atoms with Crippen LogP contribution < -0.4 is 0 Å². The molecule has 1 aromatic heterocycles. The van der Waals surface area contributed by atoms with Gasteiger partial charge in [-0.2, -0.15) is 5.10 Å². The number of hydrogen-bond acceptors (Lipinski definition) is 2. The quantitative estimate of drug-likeness (QED) is 0.801. The predicted octanol–water partition coefficient (Wildman–Crippen LogP) is 1.39. The number of nitrogens with zero attached hydrogens (tertiary/aromatic N) is 2. The monoisotopic (exact) mass is 232 g/mol. The summed E-state index contributed by atoms with van der Waals surface area (Å²) in [7, 11) is 0. The minimum absolute atomic E-state index is 0.139. The first kappa shape index (κ1) is 9.74. The normalized spacial score (nSPS) is 10.7. The molecule has 0 saturated carbocycles. The summed E-state index contributed by atoms with van der Waals surface area (Å²) in [5, 5.41) is 13.9. The van der Waals surface area contributed by atoms with E-state index in [1.807, 2.05) is 18.5 Å². The highest BCUT2D eigenvalue weighted by molar-refractivity contribution is 9.08. The van der Waals surface area contributed by atoms with E-state index in [1.54, 1.807) is 0 Å². The van der Waals surface area contributed by atoms with Crippen molar-refractivity contribution in [1.82, 2.24) is 9.78 Å². The van der Waals surface area contributed by atoms with E-state index in [2.05, 4.69) is 21.0 Å². The summed E-state index contributed by atoms with van der Waals surface area (Å²) in [6, 6.07) is 0. The fourth-order valence-electron chi connectivity index (χ4n) is 1.17. The summed E-state index contributed by atoms with van der Waals surface area (Å²) < 4.78 is 1.85. The third kappa shape index (κ3) is 1.69. The Bertz CT molecular complexity index is 270. The summed E-state index contributed by atoms with van der Waals surface area (Å²) in [6.07, 6.45) is 0. The number of hydrogen-bond donors (Lipinski definition) is 1. The van der Waals surface area contributed by atoms with E-state index >= 15 is 0 Å². The second-order valence-electron chi connectivity index (χ2n) is 2.74. The molecule has 0 aliphatic carbocycles. The van der Waals surface area contributed by atoms with E-state index in [0.717, 1.165) is 16.7 Å². The van der Waals surface area contributed by atoms with Gasteiger partial charge in [0, 0.05) is 5.33 Å². The van der Waals surface area contributed by atoms with Gasteiger partial charge in [0.05, 0.1) is 24.5 Å². The minimum atomic E-state index is 0.139. The molecule has 0 saturated heterocycles. The van der Waals surface area contributed by atoms with E-state index in [0.29, 0.717) is 6.54 Å². The standard InChI is InChI=1S/C8H13BrN2O/c1-6-7(2)10-11(3-4-12)8(6)5-9/h12H,3-5H2,1-2H3. The lowest BCUT2D eigenvalue weighted by atomic mass is 10.2. The van der Waals surface area contributed by atoms with E-state index in [1.165, 1.54) is 5.56 Å². The molecule has 0 aliphatic heterocycles. The van der Waals surface area contributed by atoms with Crippen LogP contribution in [0.4, 0.5) is 0 Å². The fraction of sp³-hybridized carbons (Fsp3) is 0.625. The number of rotatable bonds is 3. The van der Waals surface area contributed by atoms with Crippen LogP contribution in [0.5, 0.6) is 0 Å². The van der Waals surface area contributed by atoms with Crippen molar-refractivity contribution in [3.8, 4) is 0 Å². The van der Waals surface area contributed by atoms with Gasteiger partial charge in [-0.1, -0.05) is 15.9 Å². The molecule has 0 bridgehead atoms. The van der Waals surface area contributed by atoms with E-state index in [9.17, 15) is 0 Å². The number of aromatic nitrogens is 2. The van der Waals surface area contributed by atoms with Gasteiger partial charge in [0.25, 0.3) is 0 Å². The lowest BCUT2D eigenvalue weighted by Crippen LogP contribution is -2.07. The zero-order valence-corrected chi connectivity index (χ0v) is 8.93. The molecule has 0 fully saturated rings. The maximum Gasteiger partial charge on any atom is 0.0644 e. The van der Waals surface area contributed by atoms with E-state index in [-0.39, 0.29) is 6.61 Å². The Hall–Kier alpha value is -0.350. The van der Waals surface area contributed by atoms with Crippen LogP contribution in [0.3, 0.4) is 0 Å². The van der Waals surface area contributed by atoms with Crippen molar-refractivity contribution in [2.75, 3.05) is 6.61 Å². The summed E-state index contributed by atoms with van der Waals surface area (Å²) in [5.74, 6) is 0. The van der Waals surface area contributed by atoms with Crippen LogP contribution in [0.15, 0.2) is 0 Å². The third-order valence-corrected chi connectivity index (χ3v) is 2.53. The molecule has 12 heavy (non-hydrogen) atoms. The highest BCUT2D eigenvalue weighted by atomic mass is 79.9. The van der Waals surface area contributed by atoms with E-state index < -0.39 is 0 Å². The summed E-state index contributed by atoms with van der Waals surface area (Å²) in [6.45, 7) is 4.75. The first-order chi connectivity index (χ1) is 5.70. The lowest BCUT2D eigenvalue weighted by molar-refractivity contribution is 0.267. The molecule has 0 amide bonds. The van der Waals surface area contributed by atoms with Crippen molar-refractivity contribution < 1.29 is 5.11 Å². The van der Waals surface area contributed by atoms with Crippen LogP contribution in [0.2, 0.25) is 0 Å². The van der Waals surface area contributed by atoms with Gasteiger partial charge in [-0.15, -0.1) is 0 Å². The summed E-state index contributed by atoms with van der Waals surface area (Å²) >= 11 is 3.40. The third-order valence-electron chi connectivity index (χ3n) is 2.00. The maximum atomic E-state index is 8.76. The van der Waals surface area contributed by atoms with Gasteiger partial charge in [-0.3, -0.25) is 4.68 Å². The highest BCUT2D eigenvalue weighted by Crippen LogP contribution is 2.15. The van der Waals surface area contributed by atoms with Crippen molar-refractivity contribution in [2.45, 2.75) is 25.7 Å². The molecule has 4 heteroatoms. The topological polar surface area (TPSA) is 38.0 Å². The molecule has 0 atom stereocenters. The van der Waals surface area contributed by atoms with Crippen LogP contribution in [0.25, 0.3) is 0 Å². The minimum Gasteiger partial charge on any atom is -0.394 e. The summed E-state index contributed by atoms with van der Waals surface area (Å²) in [5.41, 5.74) is 3.40. The number of alkyl halides is 1. The lowest BCUT2D eigenvalue weighted by Gasteiger charge is -2.02. The second kappa shape index (κ2) is 4.05. The molecular weight excluding hydrogens is 220 g/mol. The molecule has 68 valence electrons. The van der Waals surface area contributed by atoms with Gasteiger partial charge < -0.3 is 5.11 Å². The van der Waals surface area contributed by atoms with Crippen molar-refractivity contribution in [3.05, 3.63) is 17.0 Å². The van der Waals surface area contributed by atoms with Crippen molar-refractivity contribution >= 4 is 15.9 Å². The number of aliphatic hydroxyl groups is 1. The first-order valence-electron chi connectivity index (χ1n) is 3.90. The smallest absolute Gasteiger partial charge is 0.0644 e. The van der Waals surface area contributed by atoms with Gasteiger partial charge in [-0.25, -0.2) is 0 Å². The molecule has 1 heterocycles. The largest absolute Gasteiger partial charge is 0.394 e. The van der Waals surface area contributed by atoms with Crippen LogP contribution >= 0.6 is 15.9 Å². The van der Waals surface area contributed by atoms with Gasteiger partial charge in [-0.05, 0) is 19.4 Å². The molecule has 1 aromatic rings. The summed E-state index contributed by atoms with van der Waals surface area (Å²) in [4.78, 5) is 0. The molecule has 0 aliphatic rings. The van der Waals surface area contributed by atoms with Gasteiger partial charge in [0.15, 0.2) is 0 Å². The number of aryl methyl sites for hydroxylation is 1. The molecule has 3 nitrogen and oxygen atoms in total. The molecule has 0 radical (unpaired) electrons. The van der Waals surface area contributed by atoms with Crippen LogP contribution in [-0.2, 0) is 11.9 Å². The average molecular weight is 233 g/mol. The zero-order valence-electron chi connectivity index (χ0n) is 7.34. The number of halogens is 1. The molecular formula is C8H13BrN2O. The van der Waals surface area contributed by atoms with Crippen molar-refractivity contribution in [2.24, 2.45) is 0 Å². The Labute approximate surface area is 80.5 Å². The number of aliphatic hydroxyl groups excluding tert-OH is 1. The Morgan fingerprint density at radius 1 is 1.50 bits per heavy atom. The van der Waals surface area contributed by atoms with Gasteiger partial charge >= 0.3 is 0 Å². The fourth-order valence-corrected chi connectivity index (χ4v) is 1.88. The van der Waals surface area contributed by atoms with Crippen molar-refractivity contribution in [1.29, 1.82) is 0 Å². The Balaban J connectivity index is 3.02. The second-order valence-corrected chi connectivity index (χ2v) is 3.30. The Kier molecular flexibility index (Phi) is 3.29. The highest BCUT2D eigenvalue weighted by Gasteiger charge is 2.08. The van der Waals surface area contributed by atoms with Crippen LogP contribution in [-0.4, -0.2) is 21.5 Å². The molecule has 1 rings (SSSR count). The van der Waals surface area contributed by atoms with Crippen LogP contribution in [0.1, 0.15) is 17.0 Å². The van der Waals surface area contributed by atoms with Crippen LogP contribution in [0, 0.1) is 13.8 Å². The van der Waals surface area contributed by atoms with Gasteiger partial charge in [0.1, 0.15) is 0 Å². The molecule has 1 N–H and O–H groups in total. The molecule has 0 unspecified atom stereocenters. The van der Waals surface area contributed by atoms with Gasteiger partial charge in [0.2, 0.25) is 0 Å². The van der Waals surface area contributed by atoms with Crippen molar-refractivity contribution in [3.63, 3.8) is 0 Å². The van der Waals surface area contributed by atoms with E-state index in [4.69, 9.17) is 5.11 Å². The maximum absolute atomic E-state index is 8.76.